The van der Waals surface area contributed by atoms with Crippen molar-refractivity contribution in [3.05, 3.63) is 24.3 Å². The van der Waals surface area contributed by atoms with Gasteiger partial charge in [-0.3, -0.25) is 4.90 Å². The third-order valence-corrected chi connectivity index (χ3v) is 3.19. The van der Waals surface area contributed by atoms with E-state index in [4.69, 9.17) is 4.74 Å². The molecule has 0 radical (unpaired) electrons. The highest BCUT2D eigenvalue weighted by molar-refractivity contribution is 5.49. The molecule has 1 heterocycles. The van der Waals surface area contributed by atoms with E-state index in [1.54, 1.807) is 7.11 Å². The van der Waals surface area contributed by atoms with Crippen LogP contribution in [0.15, 0.2) is 24.3 Å². The summed E-state index contributed by atoms with van der Waals surface area (Å²) in [6, 6.07) is 8.31. The molecule has 0 saturated carbocycles. The average molecular weight is 235 g/mol. The molecule has 4 nitrogen and oxygen atoms in total. The summed E-state index contributed by atoms with van der Waals surface area (Å²) in [7, 11) is 3.70. The van der Waals surface area contributed by atoms with E-state index >= 15 is 0 Å². The highest BCUT2D eigenvalue weighted by Gasteiger charge is 2.16. The van der Waals surface area contributed by atoms with Gasteiger partial charge in [-0.2, -0.15) is 0 Å². The lowest BCUT2D eigenvalue weighted by Crippen LogP contribution is -2.48. The number of hydrogen-bond donors (Lipinski definition) is 1. The molecule has 1 N–H and O–H groups in total. The number of ether oxygens (including phenoxy) is 1. The molecular formula is C13H21N3O. The maximum Gasteiger partial charge on any atom is 0.119 e. The van der Waals surface area contributed by atoms with Crippen molar-refractivity contribution in [3.8, 4) is 5.75 Å². The molecule has 1 saturated heterocycles. The summed E-state index contributed by atoms with van der Waals surface area (Å²) in [5.74, 6) is 0.919. The number of nitrogens with zero attached hydrogens (tertiary/aromatic N) is 2. The highest BCUT2D eigenvalue weighted by atomic mass is 16.5. The van der Waals surface area contributed by atoms with Crippen molar-refractivity contribution in [1.29, 1.82) is 0 Å². The van der Waals surface area contributed by atoms with Crippen LogP contribution in [0.1, 0.15) is 0 Å². The van der Waals surface area contributed by atoms with Gasteiger partial charge in [0.1, 0.15) is 5.75 Å². The highest BCUT2D eigenvalue weighted by Crippen LogP contribution is 2.20. The minimum Gasteiger partial charge on any atom is -0.497 e. The van der Waals surface area contributed by atoms with Gasteiger partial charge in [-0.1, -0.05) is 0 Å². The summed E-state index contributed by atoms with van der Waals surface area (Å²) in [6.45, 7) is 5.40. The number of methoxy groups -OCH3 is 1. The molecule has 17 heavy (non-hydrogen) atoms. The van der Waals surface area contributed by atoms with E-state index < -0.39 is 0 Å². The normalized spacial score (nSPS) is 17.2. The van der Waals surface area contributed by atoms with Crippen LogP contribution in [0.3, 0.4) is 0 Å². The van der Waals surface area contributed by atoms with E-state index in [-0.39, 0.29) is 0 Å². The zero-order valence-corrected chi connectivity index (χ0v) is 10.6. The fourth-order valence-corrected chi connectivity index (χ4v) is 2.18. The lowest BCUT2D eigenvalue weighted by Gasteiger charge is -2.35. The van der Waals surface area contributed by atoms with Gasteiger partial charge in [-0.25, -0.2) is 0 Å². The number of rotatable bonds is 4. The molecule has 0 unspecified atom stereocenters. The predicted octanol–water partition coefficient (Wildman–Crippen LogP) is 0.994. The Morgan fingerprint density at radius 1 is 1.12 bits per heavy atom. The summed E-state index contributed by atoms with van der Waals surface area (Å²) in [4.78, 5) is 4.85. The minimum absolute atomic E-state index is 0.919. The minimum atomic E-state index is 0.919. The molecule has 1 aromatic carbocycles. The first-order valence-electron chi connectivity index (χ1n) is 6.09. The number of piperazine rings is 1. The average Bonchev–Trinajstić information content (AvgIpc) is 2.40. The van der Waals surface area contributed by atoms with Gasteiger partial charge in [0.05, 0.1) is 7.11 Å². The van der Waals surface area contributed by atoms with Gasteiger partial charge in [0.15, 0.2) is 0 Å². The first-order chi connectivity index (χ1) is 8.33. The fraction of sp³-hybridized carbons (Fsp3) is 0.538. The SMILES string of the molecule is CNCN1CCN(c2ccc(OC)cc2)CC1. The largest absolute Gasteiger partial charge is 0.497 e. The topological polar surface area (TPSA) is 27.7 Å². The molecule has 1 aliphatic rings. The Labute approximate surface area is 103 Å². The molecule has 0 aliphatic carbocycles. The summed E-state index contributed by atoms with van der Waals surface area (Å²) >= 11 is 0. The second-order valence-electron chi connectivity index (χ2n) is 4.31. The molecule has 0 atom stereocenters. The molecule has 0 amide bonds. The van der Waals surface area contributed by atoms with Crippen molar-refractivity contribution in [2.45, 2.75) is 0 Å². The molecule has 2 rings (SSSR count). The standard InChI is InChI=1S/C13H21N3O/c1-14-11-15-7-9-16(10-8-15)12-3-5-13(17-2)6-4-12/h3-6,14H,7-11H2,1-2H3. The predicted molar refractivity (Wildman–Crippen MR) is 70.7 cm³/mol. The van der Waals surface area contributed by atoms with Crippen LogP contribution in [-0.4, -0.2) is 51.9 Å². The maximum atomic E-state index is 5.17. The quantitative estimate of drug-likeness (QED) is 0.842. The molecule has 0 aromatic heterocycles. The van der Waals surface area contributed by atoms with Gasteiger partial charge < -0.3 is 15.0 Å². The van der Waals surface area contributed by atoms with E-state index in [1.165, 1.54) is 5.69 Å². The third-order valence-electron chi connectivity index (χ3n) is 3.19. The Kier molecular flexibility index (Phi) is 4.23. The smallest absolute Gasteiger partial charge is 0.119 e. The maximum absolute atomic E-state index is 5.17. The van der Waals surface area contributed by atoms with E-state index in [0.717, 1.165) is 38.6 Å². The molecule has 1 fully saturated rings. The molecule has 4 heteroatoms. The van der Waals surface area contributed by atoms with Crippen LogP contribution in [0, 0.1) is 0 Å². The number of benzene rings is 1. The Morgan fingerprint density at radius 2 is 1.76 bits per heavy atom. The van der Waals surface area contributed by atoms with E-state index in [9.17, 15) is 0 Å². The first kappa shape index (κ1) is 12.2. The Hall–Kier alpha value is -1.26. The number of anilines is 1. The van der Waals surface area contributed by atoms with Gasteiger partial charge in [-0.15, -0.1) is 0 Å². The second-order valence-corrected chi connectivity index (χ2v) is 4.31. The van der Waals surface area contributed by atoms with Crippen molar-refractivity contribution in [2.75, 3.05) is 51.9 Å². The van der Waals surface area contributed by atoms with Gasteiger partial charge in [0, 0.05) is 38.5 Å². The van der Waals surface area contributed by atoms with Crippen LogP contribution in [0.25, 0.3) is 0 Å². The third kappa shape index (κ3) is 3.11. The van der Waals surface area contributed by atoms with Gasteiger partial charge >= 0.3 is 0 Å². The van der Waals surface area contributed by atoms with E-state index in [1.807, 2.05) is 19.2 Å². The monoisotopic (exact) mass is 235 g/mol. The van der Waals surface area contributed by atoms with E-state index in [0.29, 0.717) is 0 Å². The van der Waals surface area contributed by atoms with Gasteiger partial charge in [-0.05, 0) is 31.3 Å². The molecule has 1 aromatic rings. The lowest BCUT2D eigenvalue weighted by atomic mass is 10.2. The Morgan fingerprint density at radius 3 is 2.29 bits per heavy atom. The summed E-state index contributed by atoms with van der Waals surface area (Å²) in [5.41, 5.74) is 1.29. The fourth-order valence-electron chi connectivity index (χ4n) is 2.18. The number of nitrogens with one attached hydrogen (secondary N) is 1. The van der Waals surface area contributed by atoms with E-state index in [2.05, 4.69) is 27.2 Å². The van der Waals surface area contributed by atoms with Crippen LogP contribution in [0.4, 0.5) is 5.69 Å². The van der Waals surface area contributed by atoms with Crippen LogP contribution in [0.2, 0.25) is 0 Å². The zero-order chi connectivity index (χ0) is 12.1. The van der Waals surface area contributed by atoms with Crippen molar-refractivity contribution in [2.24, 2.45) is 0 Å². The van der Waals surface area contributed by atoms with Crippen LogP contribution in [-0.2, 0) is 0 Å². The second kappa shape index (κ2) is 5.89. The molecule has 0 spiro atoms. The van der Waals surface area contributed by atoms with Gasteiger partial charge in [0.2, 0.25) is 0 Å². The summed E-state index contributed by atoms with van der Waals surface area (Å²) in [5, 5.41) is 3.20. The summed E-state index contributed by atoms with van der Waals surface area (Å²) < 4.78 is 5.17. The van der Waals surface area contributed by atoms with Crippen molar-refractivity contribution in [3.63, 3.8) is 0 Å². The lowest BCUT2D eigenvalue weighted by molar-refractivity contribution is 0.246. The Balaban J connectivity index is 1.91. The zero-order valence-electron chi connectivity index (χ0n) is 10.6. The number of hydrogen-bond acceptors (Lipinski definition) is 4. The molecule has 0 bridgehead atoms. The molecule has 1 aliphatic heterocycles. The van der Waals surface area contributed by atoms with Crippen LogP contribution < -0.4 is 15.0 Å². The van der Waals surface area contributed by atoms with Gasteiger partial charge in [0.25, 0.3) is 0 Å². The summed E-state index contributed by atoms with van der Waals surface area (Å²) in [6.07, 6.45) is 0. The van der Waals surface area contributed by atoms with Crippen molar-refractivity contribution in [1.82, 2.24) is 10.2 Å². The van der Waals surface area contributed by atoms with Crippen molar-refractivity contribution < 1.29 is 4.74 Å². The molecule has 94 valence electrons. The Bertz CT molecular complexity index is 331. The van der Waals surface area contributed by atoms with Crippen LogP contribution >= 0.6 is 0 Å². The van der Waals surface area contributed by atoms with Crippen LogP contribution in [0.5, 0.6) is 5.75 Å². The van der Waals surface area contributed by atoms with Crippen molar-refractivity contribution >= 4 is 5.69 Å². The molecular weight excluding hydrogens is 214 g/mol. The first-order valence-corrected chi connectivity index (χ1v) is 6.09.